The number of hydrogen-bond donors (Lipinski definition) is 3. The molecule has 3 aromatic heterocycles. The van der Waals surface area contributed by atoms with Gasteiger partial charge >= 0.3 is 0 Å². The maximum absolute atomic E-state index is 11.1. The average molecular weight is 544 g/mol. The number of rotatable bonds is 12. The Morgan fingerprint density at radius 1 is 0.923 bits per heavy atom. The molecule has 2 aromatic carbocycles. The summed E-state index contributed by atoms with van der Waals surface area (Å²) >= 11 is 0. The molecule has 0 unspecified atom stereocenters. The van der Waals surface area contributed by atoms with Gasteiger partial charge in [0.15, 0.2) is 5.76 Å². The predicted octanol–water partition coefficient (Wildman–Crippen LogP) is 4.85. The molecule has 200 valence electrons. The zero-order valence-corrected chi connectivity index (χ0v) is 22.2. The molecule has 0 radical (unpaired) electrons. The molecule has 0 saturated heterocycles. The summed E-state index contributed by atoms with van der Waals surface area (Å²) in [5, 5.41) is 8.47. The summed E-state index contributed by atoms with van der Waals surface area (Å²) in [6.45, 7) is 1.79. The van der Waals surface area contributed by atoms with Gasteiger partial charge in [-0.2, -0.15) is 0 Å². The smallest absolute Gasteiger partial charge is 0.208 e. The summed E-state index contributed by atoms with van der Waals surface area (Å²) in [6.07, 6.45) is 6.48. The van der Waals surface area contributed by atoms with Crippen molar-refractivity contribution < 1.29 is 17.6 Å². The zero-order valence-electron chi connectivity index (χ0n) is 21.4. The molecular weight excluding hydrogens is 514 g/mol. The molecule has 0 saturated carbocycles. The number of anilines is 2. The lowest BCUT2D eigenvalue weighted by Gasteiger charge is -2.11. The first-order valence-corrected chi connectivity index (χ1v) is 14.3. The van der Waals surface area contributed by atoms with E-state index in [1.807, 2.05) is 72.8 Å². The highest BCUT2D eigenvalue weighted by Gasteiger charge is 2.10. The SMILES string of the molecule is CS(=O)(=O)NCCNCc1ccc(-c2cc3c(Nc4ccc(OCc5ccccc5)cc4)cncc3cn2)o1. The number of pyridine rings is 2. The maximum Gasteiger partial charge on any atom is 0.208 e. The highest BCUT2D eigenvalue weighted by Crippen LogP contribution is 2.30. The highest BCUT2D eigenvalue weighted by atomic mass is 32.2. The number of ether oxygens (including phenoxy) is 1. The third-order valence-electron chi connectivity index (χ3n) is 5.90. The second-order valence-electron chi connectivity index (χ2n) is 9.01. The van der Waals surface area contributed by atoms with Gasteiger partial charge in [0.2, 0.25) is 10.0 Å². The molecule has 0 aliphatic rings. The average Bonchev–Trinajstić information content (AvgIpc) is 3.41. The first-order valence-electron chi connectivity index (χ1n) is 12.4. The third kappa shape index (κ3) is 7.41. The molecule has 5 rings (SSSR count). The topological polar surface area (TPSA) is 118 Å². The Labute approximate surface area is 227 Å². The number of sulfonamides is 1. The van der Waals surface area contributed by atoms with Crippen molar-refractivity contribution in [2.45, 2.75) is 13.2 Å². The number of benzene rings is 2. The zero-order chi connectivity index (χ0) is 27.1. The van der Waals surface area contributed by atoms with E-state index in [2.05, 4.69) is 25.3 Å². The molecule has 0 aliphatic carbocycles. The minimum absolute atomic E-state index is 0.311. The predicted molar refractivity (Wildman–Crippen MR) is 152 cm³/mol. The van der Waals surface area contributed by atoms with Crippen LogP contribution < -0.4 is 20.1 Å². The number of nitrogens with one attached hydrogen (secondary N) is 3. The van der Waals surface area contributed by atoms with E-state index in [4.69, 9.17) is 9.15 Å². The second kappa shape index (κ2) is 12.1. The molecule has 5 aromatic rings. The summed E-state index contributed by atoms with van der Waals surface area (Å²) in [4.78, 5) is 8.92. The standard InChI is InChI=1S/C29H29N5O4S/c1-39(35,36)33-14-13-30-18-25-11-12-29(38-25)27-15-26-22(17-32-27)16-31-19-28(26)34-23-7-9-24(10-8-23)37-20-21-5-3-2-4-6-21/h2-12,15-17,19,30,33-34H,13-14,18,20H2,1H3. The van der Waals surface area contributed by atoms with Crippen LogP contribution in [0.1, 0.15) is 11.3 Å². The van der Waals surface area contributed by atoms with Crippen molar-refractivity contribution >= 4 is 32.2 Å². The van der Waals surface area contributed by atoms with Gasteiger partial charge in [-0.25, -0.2) is 13.1 Å². The molecule has 0 bridgehead atoms. The van der Waals surface area contributed by atoms with E-state index in [1.165, 1.54) is 0 Å². The van der Waals surface area contributed by atoms with Crippen molar-refractivity contribution in [2.75, 3.05) is 24.7 Å². The highest BCUT2D eigenvalue weighted by molar-refractivity contribution is 7.88. The van der Waals surface area contributed by atoms with Gasteiger partial charge in [0.05, 0.1) is 24.7 Å². The Morgan fingerprint density at radius 3 is 2.54 bits per heavy atom. The van der Waals surface area contributed by atoms with Crippen LogP contribution in [0.4, 0.5) is 11.4 Å². The van der Waals surface area contributed by atoms with Crippen LogP contribution >= 0.6 is 0 Å². The van der Waals surface area contributed by atoms with E-state index in [1.54, 1.807) is 18.6 Å². The quantitative estimate of drug-likeness (QED) is 0.191. The number of hydrogen-bond acceptors (Lipinski definition) is 8. The van der Waals surface area contributed by atoms with Crippen LogP contribution in [0.25, 0.3) is 22.2 Å². The molecular formula is C29H29N5O4S. The fourth-order valence-electron chi connectivity index (χ4n) is 3.98. The van der Waals surface area contributed by atoms with Gasteiger partial charge < -0.3 is 19.8 Å². The van der Waals surface area contributed by atoms with E-state index in [0.717, 1.165) is 45.5 Å². The van der Waals surface area contributed by atoms with Gasteiger partial charge in [-0.3, -0.25) is 9.97 Å². The van der Waals surface area contributed by atoms with Gasteiger partial charge in [-0.05, 0) is 48.0 Å². The van der Waals surface area contributed by atoms with E-state index in [9.17, 15) is 8.42 Å². The van der Waals surface area contributed by atoms with E-state index in [0.29, 0.717) is 37.7 Å². The molecule has 3 heterocycles. The minimum atomic E-state index is -3.19. The summed E-state index contributed by atoms with van der Waals surface area (Å²) in [5.74, 6) is 2.17. The molecule has 0 fully saturated rings. The Hall–Kier alpha value is -4.25. The number of nitrogens with zero attached hydrogens (tertiary/aromatic N) is 2. The summed E-state index contributed by atoms with van der Waals surface area (Å²) in [6, 6.07) is 23.6. The van der Waals surface area contributed by atoms with Gasteiger partial charge in [0.1, 0.15) is 23.8 Å². The molecule has 0 atom stereocenters. The number of aromatic nitrogens is 2. The summed E-state index contributed by atoms with van der Waals surface area (Å²) in [5.41, 5.74) is 3.58. The monoisotopic (exact) mass is 543 g/mol. The largest absolute Gasteiger partial charge is 0.489 e. The Balaban J connectivity index is 1.24. The van der Waals surface area contributed by atoms with Crippen LogP contribution in [-0.4, -0.2) is 37.7 Å². The Bertz CT molecular complexity index is 1640. The molecule has 3 N–H and O–H groups in total. The molecule has 39 heavy (non-hydrogen) atoms. The van der Waals surface area contributed by atoms with Crippen LogP contribution in [0, 0.1) is 0 Å². The van der Waals surface area contributed by atoms with Crippen molar-refractivity contribution in [2.24, 2.45) is 0 Å². The van der Waals surface area contributed by atoms with Crippen LogP contribution in [0.5, 0.6) is 5.75 Å². The maximum atomic E-state index is 11.1. The lowest BCUT2D eigenvalue weighted by molar-refractivity contribution is 0.306. The Kier molecular flexibility index (Phi) is 8.16. The lowest BCUT2D eigenvalue weighted by atomic mass is 10.1. The van der Waals surface area contributed by atoms with E-state index < -0.39 is 10.0 Å². The van der Waals surface area contributed by atoms with Crippen molar-refractivity contribution in [1.82, 2.24) is 20.0 Å². The molecule has 0 spiro atoms. The number of fused-ring (bicyclic) bond motifs is 1. The Morgan fingerprint density at radius 2 is 1.74 bits per heavy atom. The fraction of sp³-hybridized carbons (Fsp3) is 0.172. The van der Waals surface area contributed by atoms with Gasteiger partial charge in [0.25, 0.3) is 0 Å². The lowest BCUT2D eigenvalue weighted by Crippen LogP contribution is -2.30. The van der Waals surface area contributed by atoms with E-state index in [-0.39, 0.29) is 0 Å². The first kappa shape index (κ1) is 26.4. The van der Waals surface area contributed by atoms with Crippen LogP contribution in [0.2, 0.25) is 0 Å². The minimum Gasteiger partial charge on any atom is -0.489 e. The van der Waals surface area contributed by atoms with Crippen molar-refractivity contribution in [3.63, 3.8) is 0 Å². The second-order valence-corrected chi connectivity index (χ2v) is 10.8. The van der Waals surface area contributed by atoms with Crippen LogP contribution in [-0.2, 0) is 23.2 Å². The molecule has 10 heteroatoms. The normalized spacial score (nSPS) is 11.5. The van der Waals surface area contributed by atoms with Gasteiger partial charge in [0, 0.05) is 41.9 Å². The van der Waals surface area contributed by atoms with Crippen LogP contribution in [0.15, 0.2) is 95.8 Å². The van der Waals surface area contributed by atoms with Crippen molar-refractivity contribution in [1.29, 1.82) is 0 Å². The van der Waals surface area contributed by atoms with Crippen LogP contribution in [0.3, 0.4) is 0 Å². The number of furan rings is 1. The fourth-order valence-corrected chi connectivity index (χ4v) is 4.45. The van der Waals surface area contributed by atoms with Gasteiger partial charge in [-0.1, -0.05) is 30.3 Å². The first-order chi connectivity index (χ1) is 18.9. The summed E-state index contributed by atoms with van der Waals surface area (Å²) in [7, 11) is -3.19. The van der Waals surface area contributed by atoms with E-state index >= 15 is 0 Å². The molecule has 0 aliphatic heterocycles. The third-order valence-corrected chi connectivity index (χ3v) is 6.63. The summed E-state index contributed by atoms with van der Waals surface area (Å²) < 4.78 is 36.6. The van der Waals surface area contributed by atoms with Crippen molar-refractivity contribution in [3.8, 4) is 17.2 Å². The van der Waals surface area contributed by atoms with Crippen molar-refractivity contribution in [3.05, 3.63) is 103 Å². The van der Waals surface area contributed by atoms with Gasteiger partial charge in [-0.15, -0.1) is 0 Å². The molecule has 9 nitrogen and oxygen atoms in total. The molecule has 0 amide bonds.